The number of rotatable bonds is 4. The average Bonchev–Trinajstić information content (AvgIpc) is 2.13. The van der Waals surface area contributed by atoms with E-state index in [-0.39, 0.29) is 11.4 Å². The molecule has 1 aromatic carbocycles. The van der Waals surface area contributed by atoms with Crippen LogP contribution in [0.5, 0.6) is 0 Å². The molecule has 1 rings (SSSR count). The second-order valence-electron chi connectivity index (χ2n) is 3.11. The van der Waals surface area contributed by atoms with Crippen molar-refractivity contribution < 1.29 is 14.3 Å². The summed E-state index contributed by atoms with van der Waals surface area (Å²) in [4.78, 5) is 10.3. The first-order valence-electron chi connectivity index (χ1n) is 4.36. The van der Waals surface area contributed by atoms with Crippen molar-refractivity contribution in [3.8, 4) is 0 Å². The van der Waals surface area contributed by atoms with Crippen molar-refractivity contribution in [3.63, 3.8) is 0 Å². The van der Waals surface area contributed by atoms with Crippen LogP contribution in [0.25, 0.3) is 0 Å². The molecule has 1 aromatic rings. The number of halogens is 3. The molecule has 5 heteroatoms. The van der Waals surface area contributed by atoms with Crippen LogP contribution in [0.1, 0.15) is 18.4 Å². The first-order chi connectivity index (χ1) is 7.00. The van der Waals surface area contributed by atoms with Gasteiger partial charge in [0.25, 0.3) is 0 Å². The normalized spacial score (nSPS) is 10.3. The van der Waals surface area contributed by atoms with Crippen LogP contribution in [-0.2, 0) is 11.2 Å². The molecule has 0 amide bonds. The van der Waals surface area contributed by atoms with E-state index in [1.54, 1.807) is 0 Å². The maximum absolute atomic E-state index is 13.1. The van der Waals surface area contributed by atoms with Gasteiger partial charge in [0.15, 0.2) is 0 Å². The highest BCUT2D eigenvalue weighted by Gasteiger charge is 2.07. The van der Waals surface area contributed by atoms with Gasteiger partial charge in [0, 0.05) is 10.9 Å². The predicted octanol–water partition coefficient (Wildman–Crippen LogP) is 3.65. The van der Waals surface area contributed by atoms with Gasteiger partial charge in [-0.05, 0) is 30.5 Å². The van der Waals surface area contributed by atoms with Crippen LogP contribution < -0.4 is 0 Å². The Labute approximate surface area is 100 Å². The zero-order chi connectivity index (χ0) is 11.4. The van der Waals surface area contributed by atoms with Crippen LogP contribution in [0.2, 0.25) is 5.02 Å². The third-order valence-corrected chi connectivity index (χ3v) is 2.95. The molecule has 1 N–H and O–H groups in total. The second kappa shape index (κ2) is 5.47. The van der Waals surface area contributed by atoms with Crippen LogP contribution in [0.4, 0.5) is 4.39 Å². The molecule has 0 bridgehead atoms. The van der Waals surface area contributed by atoms with Gasteiger partial charge in [-0.1, -0.05) is 27.5 Å². The Hall–Kier alpha value is -0.610. The van der Waals surface area contributed by atoms with Crippen molar-refractivity contribution in [2.75, 3.05) is 0 Å². The molecule has 82 valence electrons. The maximum atomic E-state index is 13.1. The van der Waals surface area contributed by atoms with E-state index in [9.17, 15) is 9.18 Å². The third-order valence-electron chi connectivity index (χ3n) is 1.93. The summed E-state index contributed by atoms with van der Waals surface area (Å²) >= 11 is 8.82. The van der Waals surface area contributed by atoms with E-state index in [0.29, 0.717) is 17.3 Å². The van der Waals surface area contributed by atoms with Crippen LogP contribution in [0, 0.1) is 5.82 Å². The molecule has 2 nitrogen and oxygen atoms in total. The number of hydrogen-bond donors (Lipinski definition) is 1. The Kier molecular flexibility index (Phi) is 4.54. The molecule has 0 saturated heterocycles. The number of aryl methyl sites for hydroxylation is 1. The van der Waals surface area contributed by atoms with E-state index >= 15 is 0 Å². The van der Waals surface area contributed by atoms with E-state index in [2.05, 4.69) is 15.9 Å². The topological polar surface area (TPSA) is 37.3 Å². The molecule has 0 spiro atoms. The summed E-state index contributed by atoms with van der Waals surface area (Å²) < 4.78 is 13.8. The summed E-state index contributed by atoms with van der Waals surface area (Å²) in [6, 6.07) is 2.81. The van der Waals surface area contributed by atoms with Crippen LogP contribution in [-0.4, -0.2) is 11.1 Å². The molecular formula is C10H9BrClFO2. The van der Waals surface area contributed by atoms with Gasteiger partial charge in [-0.2, -0.15) is 0 Å². The summed E-state index contributed by atoms with van der Waals surface area (Å²) in [6.45, 7) is 0. The quantitative estimate of drug-likeness (QED) is 0.861. The van der Waals surface area contributed by atoms with Crippen LogP contribution >= 0.6 is 27.5 Å². The Bertz CT molecular complexity index is 382. The molecule has 0 atom stereocenters. The highest BCUT2D eigenvalue weighted by molar-refractivity contribution is 9.10. The zero-order valence-electron chi connectivity index (χ0n) is 7.77. The SMILES string of the molecule is O=C(O)CCCc1cc(F)c(Cl)cc1Br. The van der Waals surface area contributed by atoms with Crippen molar-refractivity contribution in [3.05, 3.63) is 33.0 Å². The van der Waals surface area contributed by atoms with Gasteiger partial charge in [-0.15, -0.1) is 0 Å². The molecule has 0 aliphatic heterocycles. The smallest absolute Gasteiger partial charge is 0.303 e. The van der Waals surface area contributed by atoms with Crippen molar-refractivity contribution >= 4 is 33.5 Å². The van der Waals surface area contributed by atoms with E-state index in [0.717, 1.165) is 5.56 Å². The zero-order valence-corrected chi connectivity index (χ0v) is 10.1. The summed E-state index contributed by atoms with van der Waals surface area (Å²) in [5, 5.41) is 8.51. The first-order valence-corrected chi connectivity index (χ1v) is 5.53. The summed E-state index contributed by atoms with van der Waals surface area (Å²) in [5.41, 5.74) is 0.734. The largest absolute Gasteiger partial charge is 0.481 e. The van der Waals surface area contributed by atoms with E-state index in [1.165, 1.54) is 12.1 Å². The number of carboxylic acid groups (broad SMARTS) is 1. The van der Waals surface area contributed by atoms with E-state index in [4.69, 9.17) is 16.7 Å². The monoisotopic (exact) mass is 294 g/mol. The molecule has 0 aliphatic carbocycles. The molecule has 0 aromatic heterocycles. The number of hydrogen-bond acceptors (Lipinski definition) is 1. The van der Waals surface area contributed by atoms with Crippen molar-refractivity contribution in [1.82, 2.24) is 0 Å². The Morgan fingerprint density at radius 3 is 2.80 bits per heavy atom. The fraction of sp³-hybridized carbons (Fsp3) is 0.300. The van der Waals surface area contributed by atoms with Crippen LogP contribution in [0.15, 0.2) is 16.6 Å². The van der Waals surface area contributed by atoms with Crippen molar-refractivity contribution in [2.45, 2.75) is 19.3 Å². The minimum absolute atomic E-state index is 0.0591. The standard InChI is InChI=1S/C10H9BrClFO2/c11-7-5-8(12)9(13)4-6(7)2-1-3-10(14)15/h4-5H,1-3H2,(H,14,15). The lowest BCUT2D eigenvalue weighted by Crippen LogP contribution is -1.97. The molecule has 0 saturated carbocycles. The van der Waals surface area contributed by atoms with Crippen molar-refractivity contribution in [1.29, 1.82) is 0 Å². The molecule has 0 unspecified atom stereocenters. The fourth-order valence-electron chi connectivity index (χ4n) is 1.19. The fourth-order valence-corrected chi connectivity index (χ4v) is 2.02. The molecule has 0 heterocycles. The summed E-state index contributed by atoms with van der Waals surface area (Å²) in [5.74, 6) is -1.33. The maximum Gasteiger partial charge on any atom is 0.303 e. The molecule has 0 radical (unpaired) electrons. The Balaban J connectivity index is 2.69. The lowest BCUT2D eigenvalue weighted by molar-refractivity contribution is -0.137. The van der Waals surface area contributed by atoms with Gasteiger partial charge in [0.1, 0.15) is 5.82 Å². The molecule has 15 heavy (non-hydrogen) atoms. The lowest BCUT2D eigenvalue weighted by atomic mass is 10.1. The van der Waals surface area contributed by atoms with Gasteiger partial charge in [-0.3, -0.25) is 4.79 Å². The van der Waals surface area contributed by atoms with E-state index < -0.39 is 11.8 Å². The first kappa shape index (κ1) is 12.5. The number of aliphatic carboxylic acids is 1. The average molecular weight is 296 g/mol. The minimum Gasteiger partial charge on any atom is -0.481 e. The molecular weight excluding hydrogens is 286 g/mol. The predicted molar refractivity (Wildman–Crippen MR) is 59.7 cm³/mol. The second-order valence-corrected chi connectivity index (χ2v) is 4.37. The minimum atomic E-state index is -0.847. The van der Waals surface area contributed by atoms with Crippen molar-refractivity contribution in [2.24, 2.45) is 0 Å². The Morgan fingerprint density at radius 1 is 1.53 bits per heavy atom. The summed E-state index contributed by atoms with van der Waals surface area (Å²) in [6.07, 6.45) is 1.08. The van der Waals surface area contributed by atoms with Gasteiger partial charge in [-0.25, -0.2) is 4.39 Å². The summed E-state index contributed by atoms with van der Waals surface area (Å²) in [7, 11) is 0. The Morgan fingerprint density at radius 2 is 2.20 bits per heavy atom. The number of benzene rings is 1. The van der Waals surface area contributed by atoms with Gasteiger partial charge >= 0.3 is 5.97 Å². The van der Waals surface area contributed by atoms with Gasteiger partial charge in [0.2, 0.25) is 0 Å². The number of carbonyl (C=O) groups is 1. The number of carboxylic acids is 1. The highest BCUT2D eigenvalue weighted by atomic mass is 79.9. The molecule has 0 fully saturated rings. The lowest BCUT2D eigenvalue weighted by Gasteiger charge is -2.04. The third kappa shape index (κ3) is 3.80. The van der Waals surface area contributed by atoms with Gasteiger partial charge in [0.05, 0.1) is 5.02 Å². The van der Waals surface area contributed by atoms with Gasteiger partial charge < -0.3 is 5.11 Å². The highest BCUT2D eigenvalue weighted by Crippen LogP contribution is 2.25. The van der Waals surface area contributed by atoms with E-state index in [1.807, 2.05) is 0 Å². The molecule has 0 aliphatic rings. The van der Waals surface area contributed by atoms with Crippen LogP contribution in [0.3, 0.4) is 0 Å².